The van der Waals surface area contributed by atoms with Crippen LogP contribution in [0.4, 0.5) is 10.1 Å². The lowest BCUT2D eigenvalue weighted by atomic mass is 10.0. The van der Waals surface area contributed by atoms with Gasteiger partial charge in [0.2, 0.25) is 0 Å². The minimum absolute atomic E-state index is 0.0214. The van der Waals surface area contributed by atoms with Crippen molar-refractivity contribution in [2.45, 2.75) is 24.6 Å². The molecule has 6 heteroatoms. The van der Waals surface area contributed by atoms with E-state index in [1.807, 2.05) is 13.8 Å². The van der Waals surface area contributed by atoms with E-state index in [0.29, 0.717) is 22.8 Å². The van der Waals surface area contributed by atoms with Gasteiger partial charge in [-0.05, 0) is 26.0 Å². The zero-order valence-corrected chi connectivity index (χ0v) is 11.8. The van der Waals surface area contributed by atoms with Gasteiger partial charge in [-0.2, -0.15) is 0 Å². The van der Waals surface area contributed by atoms with Gasteiger partial charge in [0, 0.05) is 17.0 Å². The van der Waals surface area contributed by atoms with Crippen molar-refractivity contribution in [1.29, 1.82) is 5.41 Å². The van der Waals surface area contributed by atoms with Crippen molar-refractivity contribution >= 4 is 34.9 Å². The van der Waals surface area contributed by atoms with E-state index in [2.05, 4.69) is 5.32 Å². The molecule has 4 N–H and O–H groups in total. The smallest absolute Gasteiger partial charge is 0.147 e. The number of thioether (sulfide) groups is 1. The molecule has 1 aliphatic rings. The van der Waals surface area contributed by atoms with Crippen LogP contribution >= 0.6 is 23.4 Å². The third kappa shape index (κ3) is 2.42. The summed E-state index contributed by atoms with van der Waals surface area (Å²) in [7, 11) is 0. The SMILES string of the molecule is CC1(C)SCC(c2cc(N)cc(Cl)c2F)NC1=N. The van der Waals surface area contributed by atoms with Crippen molar-refractivity contribution in [1.82, 2.24) is 5.32 Å². The molecule has 1 aromatic carbocycles. The molecule has 0 aliphatic carbocycles. The summed E-state index contributed by atoms with van der Waals surface area (Å²) in [6.07, 6.45) is 0. The molecule has 0 bridgehead atoms. The number of hydrogen-bond donors (Lipinski definition) is 3. The minimum atomic E-state index is -0.462. The first-order valence-corrected chi connectivity index (χ1v) is 6.91. The molecule has 18 heavy (non-hydrogen) atoms. The Hall–Kier alpha value is -0.940. The number of rotatable bonds is 1. The fourth-order valence-electron chi connectivity index (χ4n) is 1.81. The van der Waals surface area contributed by atoms with E-state index < -0.39 is 5.82 Å². The van der Waals surface area contributed by atoms with Gasteiger partial charge in [-0.1, -0.05) is 11.6 Å². The number of halogens is 2. The van der Waals surface area contributed by atoms with Gasteiger partial charge in [-0.25, -0.2) is 4.39 Å². The van der Waals surface area contributed by atoms with Gasteiger partial charge in [-0.15, -0.1) is 11.8 Å². The Labute approximate surface area is 115 Å². The molecule has 0 radical (unpaired) electrons. The van der Waals surface area contributed by atoms with E-state index >= 15 is 0 Å². The van der Waals surface area contributed by atoms with E-state index in [1.165, 1.54) is 6.07 Å². The van der Waals surface area contributed by atoms with Gasteiger partial charge in [0.25, 0.3) is 0 Å². The molecule has 1 heterocycles. The molecule has 1 atom stereocenters. The fraction of sp³-hybridized carbons (Fsp3) is 0.417. The molecular weight excluding hydrogens is 273 g/mol. The first kappa shape index (κ1) is 13.5. The number of amidine groups is 1. The molecule has 1 saturated heterocycles. The lowest BCUT2D eigenvalue weighted by Crippen LogP contribution is -2.47. The van der Waals surface area contributed by atoms with Crippen LogP contribution in [-0.2, 0) is 0 Å². The van der Waals surface area contributed by atoms with Crippen molar-refractivity contribution in [3.05, 3.63) is 28.5 Å². The van der Waals surface area contributed by atoms with Gasteiger partial charge >= 0.3 is 0 Å². The summed E-state index contributed by atoms with van der Waals surface area (Å²) in [6, 6.07) is 2.70. The van der Waals surface area contributed by atoms with Gasteiger partial charge in [0.1, 0.15) is 11.7 Å². The molecule has 0 saturated carbocycles. The highest BCUT2D eigenvalue weighted by atomic mass is 35.5. The molecule has 1 unspecified atom stereocenters. The first-order chi connectivity index (χ1) is 8.31. The van der Waals surface area contributed by atoms with Crippen molar-refractivity contribution in [3.8, 4) is 0 Å². The predicted octanol–water partition coefficient (Wildman–Crippen LogP) is 3.19. The Balaban J connectivity index is 2.32. The maximum Gasteiger partial charge on any atom is 0.147 e. The van der Waals surface area contributed by atoms with Gasteiger partial charge in [-0.3, -0.25) is 5.41 Å². The maximum atomic E-state index is 14.0. The number of nitrogen functional groups attached to an aromatic ring is 1. The van der Waals surface area contributed by atoms with Gasteiger partial charge in [0.05, 0.1) is 15.8 Å². The summed E-state index contributed by atoms with van der Waals surface area (Å²) in [5.74, 6) is 0.602. The molecule has 0 aromatic heterocycles. The molecule has 1 fully saturated rings. The fourth-order valence-corrected chi connectivity index (χ4v) is 3.09. The lowest BCUT2D eigenvalue weighted by molar-refractivity contribution is 0.573. The average molecular weight is 288 g/mol. The van der Waals surface area contributed by atoms with Crippen LogP contribution in [0, 0.1) is 11.2 Å². The monoisotopic (exact) mass is 287 g/mol. The van der Waals surface area contributed by atoms with E-state index in [9.17, 15) is 4.39 Å². The van der Waals surface area contributed by atoms with Crippen molar-refractivity contribution < 1.29 is 4.39 Å². The molecule has 3 nitrogen and oxygen atoms in total. The maximum absolute atomic E-state index is 14.0. The zero-order chi connectivity index (χ0) is 13.5. The summed E-state index contributed by atoms with van der Waals surface area (Å²) in [5.41, 5.74) is 6.54. The molecule has 1 aliphatic heterocycles. The number of nitrogens with one attached hydrogen (secondary N) is 2. The second kappa shape index (κ2) is 4.63. The van der Waals surface area contributed by atoms with Crippen LogP contribution in [0.15, 0.2) is 12.1 Å². The van der Waals surface area contributed by atoms with Gasteiger partial charge < -0.3 is 11.1 Å². The highest BCUT2D eigenvalue weighted by Gasteiger charge is 2.34. The normalized spacial score (nSPS) is 22.7. The Morgan fingerprint density at radius 2 is 2.22 bits per heavy atom. The Bertz CT molecular complexity index is 504. The van der Waals surface area contributed by atoms with E-state index in [-0.39, 0.29) is 15.8 Å². The first-order valence-electron chi connectivity index (χ1n) is 5.55. The van der Waals surface area contributed by atoms with E-state index in [0.717, 1.165) is 0 Å². The Morgan fingerprint density at radius 3 is 2.83 bits per heavy atom. The molecule has 0 spiro atoms. The molecule has 98 valence electrons. The summed E-state index contributed by atoms with van der Waals surface area (Å²) >= 11 is 7.40. The third-order valence-electron chi connectivity index (χ3n) is 2.99. The van der Waals surface area contributed by atoms with Crippen LogP contribution in [-0.4, -0.2) is 16.3 Å². The van der Waals surface area contributed by atoms with Crippen LogP contribution in [0.25, 0.3) is 0 Å². The Kier molecular flexibility index (Phi) is 3.47. The van der Waals surface area contributed by atoms with Gasteiger partial charge in [0.15, 0.2) is 0 Å². The predicted molar refractivity (Wildman–Crippen MR) is 76.0 cm³/mol. The Morgan fingerprint density at radius 1 is 1.56 bits per heavy atom. The average Bonchev–Trinajstić information content (AvgIpc) is 2.27. The highest BCUT2D eigenvalue weighted by Crippen LogP contribution is 2.36. The molecule has 0 amide bonds. The van der Waals surface area contributed by atoms with Crippen LogP contribution < -0.4 is 11.1 Å². The number of anilines is 1. The van der Waals surface area contributed by atoms with Crippen LogP contribution in [0.3, 0.4) is 0 Å². The zero-order valence-electron chi connectivity index (χ0n) is 10.2. The number of nitrogens with two attached hydrogens (primary N) is 1. The second-order valence-corrected chi connectivity index (χ2v) is 6.85. The number of hydrogen-bond acceptors (Lipinski definition) is 3. The van der Waals surface area contributed by atoms with Crippen molar-refractivity contribution in [3.63, 3.8) is 0 Å². The minimum Gasteiger partial charge on any atom is -0.399 e. The van der Waals surface area contributed by atoms with Crippen molar-refractivity contribution in [2.24, 2.45) is 0 Å². The largest absolute Gasteiger partial charge is 0.399 e. The van der Waals surface area contributed by atoms with Crippen molar-refractivity contribution in [2.75, 3.05) is 11.5 Å². The third-order valence-corrected chi connectivity index (χ3v) is 4.69. The molecule has 1 aromatic rings. The summed E-state index contributed by atoms with van der Waals surface area (Å²) < 4.78 is 13.7. The van der Waals surface area contributed by atoms with E-state index in [4.69, 9.17) is 22.7 Å². The highest BCUT2D eigenvalue weighted by molar-refractivity contribution is 8.01. The van der Waals surface area contributed by atoms with Crippen LogP contribution in [0.2, 0.25) is 5.02 Å². The lowest BCUT2D eigenvalue weighted by Gasteiger charge is -2.36. The second-order valence-electron chi connectivity index (χ2n) is 4.80. The number of benzene rings is 1. The summed E-state index contributed by atoms with van der Waals surface area (Å²) in [5, 5.41) is 11.0. The summed E-state index contributed by atoms with van der Waals surface area (Å²) in [6.45, 7) is 3.93. The topological polar surface area (TPSA) is 61.9 Å². The van der Waals surface area contributed by atoms with E-state index in [1.54, 1.807) is 17.8 Å². The molecule has 2 rings (SSSR count). The summed E-state index contributed by atoms with van der Waals surface area (Å²) in [4.78, 5) is 0. The standard InChI is InChI=1S/C12H15ClFN3S/c1-12(2)11(16)17-9(5-18-12)7-3-6(15)4-8(13)10(7)14/h3-4,9H,5,15H2,1-2H3,(H2,16,17). The van der Waals surface area contributed by atoms with Crippen LogP contribution in [0.5, 0.6) is 0 Å². The van der Waals surface area contributed by atoms with Crippen LogP contribution in [0.1, 0.15) is 25.5 Å². The quantitative estimate of drug-likeness (QED) is 0.695. The molecular formula is C12H15ClFN3S.